The van der Waals surface area contributed by atoms with Gasteiger partial charge in [-0.2, -0.15) is 0 Å². The average molecular weight is 626 g/mol. The summed E-state index contributed by atoms with van der Waals surface area (Å²) in [5.41, 5.74) is 0.473. The Morgan fingerprint density at radius 1 is 1.12 bits per heavy atom. The number of carbonyl (C=O) groups is 1. The minimum absolute atomic E-state index is 0.194. The van der Waals surface area contributed by atoms with Crippen LogP contribution in [0, 0.1) is 17.8 Å². The zero-order valence-corrected chi connectivity index (χ0v) is 27.4. The highest BCUT2D eigenvalue weighted by Crippen LogP contribution is 2.36. The number of rotatable bonds is 11. The quantitative estimate of drug-likeness (QED) is 0.234. The first-order valence-corrected chi connectivity index (χ1v) is 17.4. The van der Waals surface area contributed by atoms with Crippen LogP contribution in [0.4, 0.5) is 0 Å². The Bertz CT molecular complexity index is 999. The Kier molecular flexibility index (Phi) is 12.5. The molecule has 0 unspecified atom stereocenters. The van der Waals surface area contributed by atoms with Crippen LogP contribution in [-0.2, 0) is 20.8 Å². The zero-order valence-electron chi connectivity index (χ0n) is 25.8. The SMILES string of the molecule is CS[C@H]1O[C@H]([C@H](NC(=O)[C@H]2NC[C@@H]3C[C@H](CC(C)C)CCO[C@H]32)[C@H](C)Sc2ccc(CN(C)C)cc2)[C@H](O)[C@H](O)[C@H]1O. The summed E-state index contributed by atoms with van der Waals surface area (Å²) in [4.78, 5) is 17.1. The number of nitrogens with zero attached hydrogens (tertiary/aromatic N) is 1. The number of aliphatic hydroxyl groups is 3. The molecule has 238 valence electrons. The summed E-state index contributed by atoms with van der Waals surface area (Å²) >= 11 is 2.85. The van der Waals surface area contributed by atoms with Crippen molar-refractivity contribution in [3.63, 3.8) is 0 Å². The van der Waals surface area contributed by atoms with E-state index < -0.39 is 41.9 Å². The molecule has 0 radical (unpaired) electrons. The summed E-state index contributed by atoms with van der Waals surface area (Å²) in [6.45, 7) is 8.72. The number of ether oxygens (including phenoxy) is 2. The lowest BCUT2D eigenvalue weighted by molar-refractivity contribution is -0.205. The lowest BCUT2D eigenvalue weighted by atomic mass is 9.85. The molecule has 9 nitrogen and oxygen atoms in total. The normalized spacial score (nSPS) is 35.1. The largest absolute Gasteiger partial charge is 0.388 e. The number of fused-ring (bicyclic) bond motifs is 1. The highest BCUT2D eigenvalue weighted by molar-refractivity contribution is 8.00. The van der Waals surface area contributed by atoms with Crippen molar-refractivity contribution in [3.05, 3.63) is 29.8 Å². The molecule has 0 aromatic heterocycles. The van der Waals surface area contributed by atoms with E-state index in [0.29, 0.717) is 18.4 Å². The molecule has 3 fully saturated rings. The number of hydrogen-bond acceptors (Lipinski definition) is 10. The molecule has 0 aliphatic carbocycles. The van der Waals surface area contributed by atoms with Crippen molar-refractivity contribution in [2.45, 2.75) is 105 Å². The fourth-order valence-electron chi connectivity index (χ4n) is 6.68. The van der Waals surface area contributed by atoms with Gasteiger partial charge in [0.1, 0.15) is 35.9 Å². The molecule has 1 aromatic rings. The molecule has 0 saturated carbocycles. The van der Waals surface area contributed by atoms with E-state index in [9.17, 15) is 20.1 Å². The van der Waals surface area contributed by atoms with Gasteiger partial charge in [-0.25, -0.2) is 0 Å². The molecule has 0 bridgehead atoms. The molecule has 4 rings (SSSR count). The number of aliphatic hydroxyl groups excluding tert-OH is 3. The molecule has 0 spiro atoms. The summed E-state index contributed by atoms with van der Waals surface area (Å²) in [6.07, 6.45) is -0.0983. The lowest BCUT2D eigenvalue weighted by Crippen LogP contribution is -2.65. The first kappa shape index (κ1) is 34.0. The van der Waals surface area contributed by atoms with Gasteiger partial charge in [0, 0.05) is 29.8 Å². The van der Waals surface area contributed by atoms with Crippen molar-refractivity contribution >= 4 is 29.4 Å². The van der Waals surface area contributed by atoms with Gasteiger partial charge in [-0.3, -0.25) is 4.79 Å². The molecular formula is C31H51N3O6S2. The van der Waals surface area contributed by atoms with Crippen LogP contribution < -0.4 is 10.6 Å². The van der Waals surface area contributed by atoms with Crippen molar-refractivity contribution in [1.82, 2.24) is 15.5 Å². The molecule has 3 saturated heterocycles. The number of thioether (sulfide) groups is 2. The van der Waals surface area contributed by atoms with Crippen molar-refractivity contribution in [1.29, 1.82) is 0 Å². The van der Waals surface area contributed by atoms with E-state index in [-0.39, 0.29) is 23.2 Å². The third kappa shape index (κ3) is 8.43. The average Bonchev–Trinajstić information content (AvgIpc) is 3.22. The summed E-state index contributed by atoms with van der Waals surface area (Å²) in [5, 5.41) is 38.7. The lowest BCUT2D eigenvalue weighted by Gasteiger charge is -2.44. The van der Waals surface area contributed by atoms with Crippen molar-refractivity contribution < 1.29 is 29.6 Å². The van der Waals surface area contributed by atoms with Crippen LogP contribution in [0.1, 0.15) is 45.6 Å². The van der Waals surface area contributed by atoms with Crippen LogP contribution in [-0.4, -0.2) is 113 Å². The number of benzene rings is 1. The predicted octanol–water partition coefficient (Wildman–Crippen LogP) is 2.31. The van der Waals surface area contributed by atoms with Crippen molar-refractivity contribution in [2.24, 2.45) is 17.8 Å². The van der Waals surface area contributed by atoms with Crippen LogP contribution in [0.5, 0.6) is 0 Å². The van der Waals surface area contributed by atoms with E-state index in [1.54, 1.807) is 18.0 Å². The molecule has 1 amide bonds. The van der Waals surface area contributed by atoms with Gasteiger partial charge in [-0.15, -0.1) is 23.5 Å². The maximum Gasteiger partial charge on any atom is 0.240 e. The maximum atomic E-state index is 13.9. The third-order valence-electron chi connectivity index (χ3n) is 8.70. The van der Waals surface area contributed by atoms with E-state index in [1.165, 1.54) is 17.3 Å². The second-order valence-corrected chi connectivity index (χ2v) is 15.3. The first-order chi connectivity index (χ1) is 20.0. The van der Waals surface area contributed by atoms with Crippen molar-refractivity contribution in [2.75, 3.05) is 33.5 Å². The minimum atomic E-state index is -1.39. The summed E-state index contributed by atoms with van der Waals surface area (Å²) in [7, 11) is 4.07. The molecular weight excluding hydrogens is 574 g/mol. The second-order valence-electron chi connectivity index (χ2n) is 12.9. The van der Waals surface area contributed by atoms with Crippen LogP contribution >= 0.6 is 23.5 Å². The topological polar surface area (TPSA) is 124 Å². The summed E-state index contributed by atoms with van der Waals surface area (Å²) in [5.74, 6) is 1.30. The molecule has 3 aliphatic heterocycles. The summed E-state index contributed by atoms with van der Waals surface area (Å²) < 4.78 is 12.5. The van der Waals surface area contributed by atoms with Gasteiger partial charge < -0.3 is 40.3 Å². The number of hydrogen-bond donors (Lipinski definition) is 5. The standard InChI is InChI=1S/C31H51N3O6S2/c1-17(2)13-20-11-12-39-28-21(14-20)15-32-24(28)30(38)33-23(29-26(36)25(35)27(37)31(40-29)41-6)18(3)42-22-9-7-19(8-10-22)16-34(4)5/h7-10,17-18,20-21,23-29,31-32,35-37H,11-16H2,1-6H3,(H,33,38)/t18-,20-,21-,23+,24-,25-,26+,27+,28+,29+,31+/m0/s1. The fraction of sp³-hybridized carbons (Fsp3) is 0.774. The summed E-state index contributed by atoms with van der Waals surface area (Å²) in [6, 6.07) is 7.17. The second kappa shape index (κ2) is 15.4. The van der Waals surface area contributed by atoms with Gasteiger partial charge >= 0.3 is 0 Å². The monoisotopic (exact) mass is 625 g/mol. The van der Waals surface area contributed by atoms with E-state index in [0.717, 1.165) is 37.2 Å². The highest BCUT2D eigenvalue weighted by Gasteiger charge is 2.50. The number of carbonyl (C=O) groups excluding carboxylic acids is 1. The Labute approximate surface area is 259 Å². The van der Waals surface area contributed by atoms with E-state index in [2.05, 4.69) is 53.6 Å². The van der Waals surface area contributed by atoms with Gasteiger partial charge in [-0.1, -0.05) is 32.9 Å². The van der Waals surface area contributed by atoms with Crippen LogP contribution in [0.15, 0.2) is 29.2 Å². The van der Waals surface area contributed by atoms with Gasteiger partial charge in [-0.05, 0) is 75.1 Å². The van der Waals surface area contributed by atoms with E-state index >= 15 is 0 Å². The fourth-order valence-corrected chi connectivity index (χ4v) is 8.46. The molecule has 11 atom stereocenters. The third-order valence-corrected chi connectivity index (χ3v) is 10.8. The predicted molar refractivity (Wildman–Crippen MR) is 168 cm³/mol. The van der Waals surface area contributed by atoms with Crippen LogP contribution in [0.2, 0.25) is 0 Å². The van der Waals surface area contributed by atoms with Crippen LogP contribution in [0.25, 0.3) is 0 Å². The maximum absolute atomic E-state index is 13.9. The van der Waals surface area contributed by atoms with Gasteiger partial charge in [0.25, 0.3) is 0 Å². The smallest absolute Gasteiger partial charge is 0.240 e. The Morgan fingerprint density at radius 3 is 2.48 bits per heavy atom. The Morgan fingerprint density at radius 2 is 1.83 bits per heavy atom. The molecule has 42 heavy (non-hydrogen) atoms. The molecule has 3 heterocycles. The molecule has 11 heteroatoms. The Hall–Kier alpha value is -0.890. The molecule has 3 aliphatic rings. The van der Waals surface area contributed by atoms with Crippen molar-refractivity contribution in [3.8, 4) is 0 Å². The first-order valence-electron chi connectivity index (χ1n) is 15.3. The van der Waals surface area contributed by atoms with Gasteiger partial charge in [0.05, 0.1) is 12.1 Å². The van der Waals surface area contributed by atoms with Crippen LogP contribution in [0.3, 0.4) is 0 Å². The van der Waals surface area contributed by atoms with Gasteiger partial charge in [0.15, 0.2) is 0 Å². The number of amides is 1. The zero-order chi connectivity index (χ0) is 30.6. The number of nitrogens with one attached hydrogen (secondary N) is 2. The Balaban J connectivity index is 1.52. The molecule has 5 N–H and O–H groups in total. The van der Waals surface area contributed by atoms with E-state index in [4.69, 9.17) is 9.47 Å². The van der Waals surface area contributed by atoms with E-state index in [1.807, 2.05) is 21.0 Å². The highest BCUT2D eigenvalue weighted by atomic mass is 32.2. The van der Waals surface area contributed by atoms with Gasteiger partial charge in [0.2, 0.25) is 5.91 Å². The molecule has 1 aromatic carbocycles. The minimum Gasteiger partial charge on any atom is -0.388 e.